The van der Waals surface area contributed by atoms with E-state index in [1.165, 1.54) is 62.9 Å². The van der Waals surface area contributed by atoms with Gasteiger partial charge in [-0.3, -0.25) is 9.63 Å². The van der Waals surface area contributed by atoms with Crippen molar-refractivity contribution in [3.05, 3.63) is 35.9 Å². The molecule has 2 amide bonds. The van der Waals surface area contributed by atoms with Crippen molar-refractivity contribution in [3.8, 4) is 0 Å². The van der Waals surface area contributed by atoms with Gasteiger partial charge in [-0.1, -0.05) is 114 Å². The van der Waals surface area contributed by atoms with Crippen molar-refractivity contribution in [2.75, 3.05) is 34.2 Å². The third kappa shape index (κ3) is 21.9. The summed E-state index contributed by atoms with van der Waals surface area (Å²) in [6.45, 7) is 9.18. The Labute approximate surface area is 268 Å². The average molecular weight is 690 g/mol. The Hall–Kier alpha value is -1.39. The zero-order chi connectivity index (χ0) is 29.9. The van der Waals surface area contributed by atoms with Gasteiger partial charge in [-0.15, -0.1) is 0 Å². The standard InChI is InChI=1S/C33H59N3O4.HI/c1-8-9-10-11-12-13-14-15-16-17-18-22-25-30(34-32(38)40-33(2,3)4)31(37)35(26-27-36(5,6)7)39-28-29-23-20-19-21-24-29;/h19-21,23-24,30H,8-18,22,25-28H2,1-7H3;1H. The fourth-order valence-electron chi connectivity index (χ4n) is 4.43. The number of hydroxylamine groups is 2. The molecule has 0 bridgehead atoms. The van der Waals surface area contributed by atoms with Gasteiger partial charge in [-0.25, -0.2) is 9.86 Å². The second-order valence-corrected chi connectivity index (χ2v) is 13.1. The molecule has 0 radical (unpaired) electrons. The fraction of sp³-hybridized carbons (Fsp3) is 0.758. The molecule has 1 unspecified atom stereocenters. The first-order chi connectivity index (χ1) is 18.9. The van der Waals surface area contributed by atoms with Crippen LogP contribution in [0, 0.1) is 0 Å². The smallest absolute Gasteiger partial charge is 0.408 e. The Morgan fingerprint density at radius 2 is 1.37 bits per heavy atom. The van der Waals surface area contributed by atoms with Crippen molar-refractivity contribution in [2.45, 2.75) is 129 Å². The van der Waals surface area contributed by atoms with Crippen LogP contribution in [0.25, 0.3) is 0 Å². The number of amides is 2. The van der Waals surface area contributed by atoms with E-state index in [-0.39, 0.29) is 29.9 Å². The molecule has 0 aliphatic rings. The van der Waals surface area contributed by atoms with E-state index in [1.807, 2.05) is 51.1 Å². The van der Waals surface area contributed by atoms with Crippen LogP contribution in [0.4, 0.5) is 4.79 Å². The summed E-state index contributed by atoms with van der Waals surface area (Å²) in [7, 11) is 6.26. The Morgan fingerprint density at radius 1 is 0.854 bits per heavy atom. The maximum Gasteiger partial charge on any atom is 0.408 e. The summed E-state index contributed by atoms with van der Waals surface area (Å²) in [4.78, 5) is 32.4. The zero-order valence-corrected chi connectivity index (χ0v) is 29.3. The molecule has 1 atom stereocenters. The summed E-state index contributed by atoms with van der Waals surface area (Å²) in [6, 6.07) is 9.13. The van der Waals surface area contributed by atoms with Crippen LogP contribution in [-0.2, 0) is 21.0 Å². The van der Waals surface area contributed by atoms with E-state index in [0.29, 0.717) is 24.1 Å². The van der Waals surface area contributed by atoms with Crippen molar-refractivity contribution >= 4 is 12.0 Å². The number of hydrogen-bond donors (Lipinski definition) is 1. The van der Waals surface area contributed by atoms with Crippen molar-refractivity contribution < 1.29 is 47.6 Å². The van der Waals surface area contributed by atoms with Crippen molar-refractivity contribution in [2.24, 2.45) is 0 Å². The molecule has 0 aliphatic carbocycles. The van der Waals surface area contributed by atoms with Crippen molar-refractivity contribution in [1.82, 2.24) is 10.4 Å². The van der Waals surface area contributed by atoms with E-state index in [0.717, 1.165) is 31.4 Å². The number of carbonyl (C=O) groups excluding carboxylic acids is 2. The number of unbranched alkanes of at least 4 members (excludes halogenated alkanes) is 11. The van der Waals surface area contributed by atoms with E-state index >= 15 is 0 Å². The molecule has 0 saturated heterocycles. The van der Waals surface area contributed by atoms with Gasteiger partial charge in [0.25, 0.3) is 5.91 Å². The van der Waals surface area contributed by atoms with Crippen molar-refractivity contribution in [3.63, 3.8) is 0 Å². The van der Waals surface area contributed by atoms with Gasteiger partial charge in [0.1, 0.15) is 18.2 Å². The quantitative estimate of drug-likeness (QED) is 0.0885. The van der Waals surface area contributed by atoms with E-state index in [1.54, 1.807) is 0 Å². The van der Waals surface area contributed by atoms with Gasteiger partial charge in [-0.2, -0.15) is 0 Å². The molecule has 0 aliphatic heterocycles. The summed E-state index contributed by atoms with van der Waals surface area (Å²) in [5.74, 6) is -0.224. The highest BCUT2D eigenvalue weighted by Gasteiger charge is 2.29. The lowest BCUT2D eigenvalue weighted by Gasteiger charge is -2.31. The lowest BCUT2D eigenvalue weighted by Crippen LogP contribution is -3.00. The number of benzene rings is 1. The highest BCUT2D eigenvalue weighted by molar-refractivity contribution is 5.85. The number of likely N-dealkylation sites (N-methyl/N-ethyl adjacent to an activating group) is 1. The monoisotopic (exact) mass is 689 g/mol. The molecule has 7 nitrogen and oxygen atoms in total. The molecule has 1 rings (SSSR count). The Morgan fingerprint density at radius 3 is 1.85 bits per heavy atom. The van der Waals surface area contributed by atoms with Gasteiger partial charge < -0.3 is 38.5 Å². The van der Waals surface area contributed by atoms with Gasteiger partial charge in [0.05, 0.1) is 34.2 Å². The molecular weight excluding hydrogens is 629 g/mol. The lowest BCUT2D eigenvalue weighted by atomic mass is 10.0. The van der Waals surface area contributed by atoms with Gasteiger partial charge >= 0.3 is 6.09 Å². The number of nitrogens with zero attached hydrogens (tertiary/aromatic N) is 2. The van der Waals surface area contributed by atoms with Crippen LogP contribution in [0.3, 0.4) is 0 Å². The first-order valence-electron chi connectivity index (χ1n) is 15.7. The van der Waals surface area contributed by atoms with Gasteiger partial charge in [0, 0.05) is 0 Å². The molecule has 0 heterocycles. The molecule has 1 aromatic carbocycles. The van der Waals surface area contributed by atoms with Crippen LogP contribution in [0.1, 0.15) is 117 Å². The summed E-state index contributed by atoms with van der Waals surface area (Å²) >= 11 is 0. The molecule has 8 heteroatoms. The van der Waals surface area contributed by atoms with Crippen LogP contribution < -0.4 is 29.3 Å². The fourth-order valence-corrected chi connectivity index (χ4v) is 4.43. The highest BCUT2D eigenvalue weighted by atomic mass is 127. The van der Waals surface area contributed by atoms with Crippen LogP contribution >= 0.6 is 0 Å². The Bertz CT molecular complexity index is 809. The molecule has 238 valence electrons. The van der Waals surface area contributed by atoms with Gasteiger partial charge in [-0.05, 0) is 32.8 Å². The van der Waals surface area contributed by atoms with E-state index in [9.17, 15) is 9.59 Å². The van der Waals surface area contributed by atoms with Gasteiger partial charge in [0.2, 0.25) is 0 Å². The largest absolute Gasteiger partial charge is 1.00 e. The minimum absolute atomic E-state index is 0. The second-order valence-electron chi connectivity index (χ2n) is 13.1. The molecule has 0 saturated carbocycles. The van der Waals surface area contributed by atoms with Crippen LogP contribution in [0.15, 0.2) is 30.3 Å². The third-order valence-electron chi connectivity index (χ3n) is 6.79. The molecule has 0 aromatic heterocycles. The average Bonchev–Trinajstić information content (AvgIpc) is 2.87. The van der Waals surface area contributed by atoms with Crippen LogP contribution in [0.2, 0.25) is 0 Å². The molecule has 0 fully saturated rings. The zero-order valence-electron chi connectivity index (χ0n) is 27.2. The normalized spacial score (nSPS) is 12.4. The number of carbonyl (C=O) groups is 2. The lowest BCUT2D eigenvalue weighted by molar-refractivity contribution is -0.870. The SMILES string of the molecule is CCCCCCCCCCCCCCC(NC(=O)OC(C)(C)C)C(=O)N(CC[N+](C)(C)C)OCc1ccccc1.[I-]. The topological polar surface area (TPSA) is 67.9 Å². The summed E-state index contributed by atoms with van der Waals surface area (Å²) < 4.78 is 6.19. The summed E-state index contributed by atoms with van der Waals surface area (Å²) in [6.07, 6.45) is 15.0. The summed E-state index contributed by atoms with van der Waals surface area (Å²) in [5.41, 5.74) is 0.351. The molecule has 1 N–H and O–H groups in total. The second kappa shape index (κ2) is 22.2. The Balaban J connectivity index is 0.0000160. The van der Waals surface area contributed by atoms with Crippen molar-refractivity contribution in [1.29, 1.82) is 0 Å². The minimum atomic E-state index is -0.693. The molecule has 0 spiro atoms. The molecular formula is C33H60IN3O4. The number of quaternary nitrogens is 1. The maximum absolute atomic E-state index is 13.7. The predicted molar refractivity (Wildman–Crippen MR) is 165 cm³/mol. The van der Waals surface area contributed by atoms with E-state index < -0.39 is 17.7 Å². The van der Waals surface area contributed by atoms with Crippen LogP contribution in [-0.4, -0.2) is 67.4 Å². The number of rotatable bonds is 21. The summed E-state index contributed by atoms with van der Waals surface area (Å²) in [5, 5.41) is 4.29. The van der Waals surface area contributed by atoms with E-state index in [4.69, 9.17) is 9.57 Å². The first-order valence-corrected chi connectivity index (χ1v) is 15.7. The third-order valence-corrected chi connectivity index (χ3v) is 6.79. The predicted octanol–water partition coefficient (Wildman–Crippen LogP) is 4.64. The maximum atomic E-state index is 13.7. The number of hydrogen-bond acceptors (Lipinski definition) is 4. The van der Waals surface area contributed by atoms with Crippen LogP contribution in [0.5, 0.6) is 0 Å². The molecule has 1 aromatic rings. The minimum Gasteiger partial charge on any atom is -1.00 e. The first kappa shape index (κ1) is 39.6. The Kier molecular flexibility index (Phi) is 21.4. The van der Waals surface area contributed by atoms with Gasteiger partial charge in [0.15, 0.2) is 0 Å². The number of nitrogens with one attached hydrogen (secondary N) is 1. The van der Waals surface area contributed by atoms with E-state index in [2.05, 4.69) is 33.4 Å². The number of ether oxygens (including phenoxy) is 1. The molecule has 41 heavy (non-hydrogen) atoms. The highest BCUT2D eigenvalue weighted by Crippen LogP contribution is 2.15. The number of halogens is 1. The number of alkyl carbamates (subject to hydrolysis) is 1.